The lowest BCUT2D eigenvalue weighted by atomic mass is 9.88. The van der Waals surface area contributed by atoms with E-state index < -0.39 is 0 Å². The highest BCUT2D eigenvalue weighted by Gasteiger charge is 2.16. The Bertz CT molecular complexity index is 269. The lowest BCUT2D eigenvalue weighted by Gasteiger charge is -2.22. The van der Waals surface area contributed by atoms with Crippen LogP contribution in [0, 0.1) is 0 Å². The Morgan fingerprint density at radius 1 is 1.25 bits per heavy atom. The number of hydrogen-bond donors (Lipinski definition) is 0. The first-order valence-electron chi connectivity index (χ1n) is 4.52. The summed E-state index contributed by atoms with van der Waals surface area (Å²) in [6.45, 7) is 0. The van der Waals surface area contributed by atoms with E-state index in [0.29, 0.717) is 0 Å². The molecule has 2 aliphatic carbocycles. The Morgan fingerprint density at radius 3 is 2.92 bits per heavy atom. The van der Waals surface area contributed by atoms with E-state index in [2.05, 4.69) is 18.2 Å². The standard InChI is InChI=1S/C11H14O/c1-12-11-8-4-6-9-5-2-3-7-10(9)11/h2-3,8H,4-7H2,1H3. The predicted octanol–water partition coefficient (Wildman–Crippen LogP) is 2.96. The summed E-state index contributed by atoms with van der Waals surface area (Å²) >= 11 is 0. The van der Waals surface area contributed by atoms with Gasteiger partial charge < -0.3 is 4.74 Å². The Hall–Kier alpha value is -0.980. The van der Waals surface area contributed by atoms with Gasteiger partial charge in [0.1, 0.15) is 5.76 Å². The SMILES string of the molecule is COC1=CCCC2=C1CC=CC2. The van der Waals surface area contributed by atoms with Crippen molar-refractivity contribution in [2.75, 3.05) is 7.11 Å². The van der Waals surface area contributed by atoms with Crippen molar-refractivity contribution in [2.24, 2.45) is 0 Å². The van der Waals surface area contributed by atoms with Gasteiger partial charge in [0.2, 0.25) is 0 Å². The summed E-state index contributed by atoms with van der Waals surface area (Å²) < 4.78 is 5.33. The van der Waals surface area contributed by atoms with Crippen LogP contribution in [-0.4, -0.2) is 7.11 Å². The molecule has 0 fully saturated rings. The molecule has 2 rings (SSSR count). The monoisotopic (exact) mass is 162 g/mol. The van der Waals surface area contributed by atoms with Crippen molar-refractivity contribution in [3.05, 3.63) is 35.1 Å². The van der Waals surface area contributed by atoms with Gasteiger partial charge in [-0.2, -0.15) is 0 Å². The molecule has 1 heteroatoms. The third kappa shape index (κ3) is 1.20. The van der Waals surface area contributed by atoms with Crippen LogP contribution < -0.4 is 0 Å². The van der Waals surface area contributed by atoms with Crippen molar-refractivity contribution in [1.29, 1.82) is 0 Å². The fourth-order valence-electron chi connectivity index (χ4n) is 1.93. The van der Waals surface area contributed by atoms with Gasteiger partial charge in [-0.25, -0.2) is 0 Å². The summed E-state index contributed by atoms with van der Waals surface area (Å²) in [6.07, 6.45) is 11.3. The van der Waals surface area contributed by atoms with Crippen molar-refractivity contribution in [3.8, 4) is 0 Å². The quantitative estimate of drug-likeness (QED) is 0.538. The second kappa shape index (κ2) is 3.18. The van der Waals surface area contributed by atoms with E-state index >= 15 is 0 Å². The smallest absolute Gasteiger partial charge is 0.118 e. The van der Waals surface area contributed by atoms with E-state index in [1.807, 2.05) is 0 Å². The first-order chi connectivity index (χ1) is 5.92. The highest BCUT2D eigenvalue weighted by atomic mass is 16.5. The number of ether oxygens (including phenoxy) is 1. The fraction of sp³-hybridized carbons (Fsp3) is 0.455. The maximum atomic E-state index is 5.33. The second-order valence-electron chi connectivity index (χ2n) is 3.27. The summed E-state index contributed by atoms with van der Waals surface area (Å²) in [6, 6.07) is 0. The summed E-state index contributed by atoms with van der Waals surface area (Å²) in [4.78, 5) is 0. The lowest BCUT2D eigenvalue weighted by molar-refractivity contribution is 0.294. The van der Waals surface area contributed by atoms with Gasteiger partial charge in [0.15, 0.2) is 0 Å². The summed E-state index contributed by atoms with van der Waals surface area (Å²) in [7, 11) is 1.76. The summed E-state index contributed by atoms with van der Waals surface area (Å²) in [5, 5.41) is 0. The Labute approximate surface area is 73.4 Å². The zero-order chi connectivity index (χ0) is 8.39. The zero-order valence-corrected chi connectivity index (χ0v) is 7.47. The van der Waals surface area contributed by atoms with E-state index in [9.17, 15) is 0 Å². The molecular weight excluding hydrogens is 148 g/mol. The number of hydrogen-bond acceptors (Lipinski definition) is 1. The zero-order valence-electron chi connectivity index (χ0n) is 7.47. The maximum Gasteiger partial charge on any atom is 0.118 e. The van der Waals surface area contributed by atoms with Crippen molar-refractivity contribution < 1.29 is 4.74 Å². The van der Waals surface area contributed by atoms with Crippen LogP contribution in [0.2, 0.25) is 0 Å². The molecule has 0 atom stereocenters. The summed E-state index contributed by atoms with van der Waals surface area (Å²) in [5.74, 6) is 1.11. The summed E-state index contributed by atoms with van der Waals surface area (Å²) in [5.41, 5.74) is 3.02. The molecule has 0 unspecified atom stereocenters. The average Bonchev–Trinajstić information content (AvgIpc) is 2.17. The maximum absolute atomic E-state index is 5.33. The molecule has 0 aromatic carbocycles. The van der Waals surface area contributed by atoms with E-state index in [1.165, 1.54) is 12.0 Å². The van der Waals surface area contributed by atoms with Gasteiger partial charge in [-0.15, -0.1) is 0 Å². The number of methoxy groups -OCH3 is 1. The highest BCUT2D eigenvalue weighted by Crippen LogP contribution is 2.33. The van der Waals surface area contributed by atoms with Crippen LogP contribution in [0.25, 0.3) is 0 Å². The minimum atomic E-state index is 1.06. The molecule has 2 aliphatic rings. The van der Waals surface area contributed by atoms with Gasteiger partial charge in [0.25, 0.3) is 0 Å². The molecule has 0 spiro atoms. The van der Waals surface area contributed by atoms with Gasteiger partial charge >= 0.3 is 0 Å². The Balaban J connectivity index is 2.27. The molecule has 0 aromatic heterocycles. The van der Waals surface area contributed by atoms with Gasteiger partial charge in [-0.1, -0.05) is 17.7 Å². The minimum absolute atomic E-state index is 1.06. The molecule has 0 aromatic rings. The molecule has 0 saturated carbocycles. The molecule has 0 aliphatic heterocycles. The Morgan fingerprint density at radius 2 is 2.08 bits per heavy atom. The average molecular weight is 162 g/mol. The molecule has 1 nitrogen and oxygen atoms in total. The van der Waals surface area contributed by atoms with Crippen LogP contribution in [0.5, 0.6) is 0 Å². The third-order valence-electron chi connectivity index (χ3n) is 2.57. The molecule has 0 amide bonds. The molecule has 0 radical (unpaired) electrons. The van der Waals surface area contributed by atoms with Crippen molar-refractivity contribution in [2.45, 2.75) is 25.7 Å². The molecule has 64 valence electrons. The van der Waals surface area contributed by atoms with Gasteiger partial charge in [0, 0.05) is 0 Å². The molecule has 0 N–H and O–H groups in total. The topological polar surface area (TPSA) is 9.23 Å². The van der Waals surface area contributed by atoms with Crippen LogP contribution in [0.3, 0.4) is 0 Å². The van der Waals surface area contributed by atoms with Crippen LogP contribution in [0.15, 0.2) is 35.1 Å². The van der Waals surface area contributed by atoms with E-state index in [-0.39, 0.29) is 0 Å². The van der Waals surface area contributed by atoms with Gasteiger partial charge in [0.05, 0.1) is 7.11 Å². The molecule has 0 bridgehead atoms. The van der Waals surface area contributed by atoms with Crippen molar-refractivity contribution in [1.82, 2.24) is 0 Å². The predicted molar refractivity (Wildman–Crippen MR) is 49.7 cm³/mol. The van der Waals surface area contributed by atoms with Gasteiger partial charge in [-0.05, 0) is 37.3 Å². The molecule has 12 heavy (non-hydrogen) atoms. The van der Waals surface area contributed by atoms with Crippen LogP contribution in [0.4, 0.5) is 0 Å². The molecule has 0 heterocycles. The molecule has 0 saturated heterocycles. The van der Waals surface area contributed by atoms with Gasteiger partial charge in [-0.3, -0.25) is 0 Å². The van der Waals surface area contributed by atoms with E-state index in [1.54, 1.807) is 12.7 Å². The van der Waals surface area contributed by atoms with Crippen LogP contribution >= 0.6 is 0 Å². The molecular formula is C11H14O. The van der Waals surface area contributed by atoms with Crippen LogP contribution in [0.1, 0.15) is 25.7 Å². The number of allylic oxidation sites excluding steroid dienone is 5. The van der Waals surface area contributed by atoms with Crippen molar-refractivity contribution >= 4 is 0 Å². The normalized spacial score (nSPS) is 21.9. The number of rotatable bonds is 1. The highest BCUT2D eigenvalue weighted by molar-refractivity contribution is 5.39. The fourth-order valence-corrected chi connectivity index (χ4v) is 1.93. The second-order valence-corrected chi connectivity index (χ2v) is 3.27. The third-order valence-corrected chi connectivity index (χ3v) is 2.57. The largest absolute Gasteiger partial charge is 0.497 e. The van der Waals surface area contributed by atoms with E-state index in [0.717, 1.165) is 25.0 Å². The lowest BCUT2D eigenvalue weighted by Crippen LogP contribution is -2.04. The Kier molecular flexibility index (Phi) is 2.03. The van der Waals surface area contributed by atoms with E-state index in [4.69, 9.17) is 4.74 Å². The first kappa shape index (κ1) is 7.66. The first-order valence-corrected chi connectivity index (χ1v) is 4.52. The minimum Gasteiger partial charge on any atom is -0.497 e. The van der Waals surface area contributed by atoms with Crippen molar-refractivity contribution in [3.63, 3.8) is 0 Å². The van der Waals surface area contributed by atoms with Crippen LogP contribution in [-0.2, 0) is 4.74 Å².